The normalized spacial score (nSPS) is 16.7. The van der Waals surface area contributed by atoms with Gasteiger partial charge in [-0.05, 0) is 31.6 Å². The summed E-state index contributed by atoms with van der Waals surface area (Å²) in [5, 5.41) is 11.6. The summed E-state index contributed by atoms with van der Waals surface area (Å²) in [4.78, 5) is 37.0. The van der Waals surface area contributed by atoms with Gasteiger partial charge in [-0.15, -0.1) is 0 Å². The first kappa shape index (κ1) is 20.5. The van der Waals surface area contributed by atoms with E-state index in [4.69, 9.17) is 5.11 Å². The molecule has 0 spiro atoms. The third-order valence-electron chi connectivity index (χ3n) is 4.44. The Balaban J connectivity index is 2.51. The molecule has 1 aliphatic rings. The van der Waals surface area contributed by atoms with Crippen LogP contribution in [-0.4, -0.2) is 46.9 Å². The van der Waals surface area contributed by atoms with Crippen molar-refractivity contribution in [2.75, 3.05) is 13.1 Å². The molecule has 1 rings (SSSR count). The molecule has 0 bridgehead atoms. The van der Waals surface area contributed by atoms with Gasteiger partial charge in [-0.25, -0.2) is 0 Å². The third-order valence-corrected chi connectivity index (χ3v) is 4.44. The first-order chi connectivity index (χ1) is 11.3. The van der Waals surface area contributed by atoms with Crippen molar-refractivity contribution in [2.45, 2.75) is 71.8 Å². The number of aliphatic carboxylic acids is 1. The van der Waals surface area contributed by atoms with Gasteiger partial charge >= 0.3 is 5.97 Å². The smallest absolute Gasteiger partial charge is 0.305 e. The quantitative estimate of drug-likeness (QED) is 0.675. The summed E-state index contributed by atoms with van der Waals surface area (Å²) in [5.41, 5.74) is 0. The number of hydrogen-bond donors (Lipinski definition) is 2. The maximum atomic E-state index is 12.5. The Hall–Kier alpha value is -1.59. The van der Waals surface area contributed by atoms with Gasteiger partial charge in [0.1, 0.15) is 6.04 Å². The molecule has 1 unspecified atom stereocenters. The Morgan fingerprint density at radius 3 is 2.29 bits per heavy atom. The second-order valence-electron chi connectivity index (χ2n) is 7.32. The van der Waals surface area contributed by atoms with Crippen LogP contribution in [0.25, 0.3) is 0 Å². The monoisotopic (exact) mass is 340 g/mol. The molecule has 6 nitrogen and oxygen atoms in total. The number of carboxylic acid groups (broad SMARTS) is 1. The van der Waals surface area contributed by atoms with Gasteiger partial charge in [-0.3, -0.25) is 14.4 Å². The fourth-order valence-electron chi connectivity index (χ4n) is 3.25. The molecule has 1 fully saturated rings. The highest BCUT2D eigenvalue weighted by atomic mass is 16.4. The molecule has 0 radical (unpaired) electrons. The molecule has 0 aromatic rings. The summed E-state index contributed by atoms with van der Waals surface area (Å²) < 4.78 is 0. The molecule has 0 aromatic carbocycles. The molecule has 1 saturated carbocycles. The number of nitrogens with one attached hydrogen (secondary N) is 1. The van der Waals surface area contributed by atoms with Crippen LogP contribution < -0.4 is 5.32 Å². The lowest BCUT2D eigenvalue weighted by atomic mass is 9.87. The Bertz CT molecular complexity index is 431. The van der Waals surface area contributed by atoms with E-state index < -0.39 is 12.0 Å². The zero-order chi connectivity index (χ0) is 18.1. The number of nitrogens with zero attached hydrogens (tertiary/aromatic N) is 1. The van der Waals surface area contributed by atoms with Crippen LogP contribution in [0.15, 0.2) is 0 Å². The SMILES string of the molecule is CC(C)CN(CCC(=O)O)C(=O)C(C)NC(=O)CC1CCCCC1. The molecule has 6 heteroatoms. The van der Waals surface area contributed by atoms with Crippen LogP contribution >= 0.6 is 0 Å². The van der Waals surface area contributed by atoms with Crippen LogP contribution in [0, 0.1) is 11.8 Å². The molecule has 1 aliphatic carbocycles. The summed E-state index contributed by atoms with van der Waals surface area (Å²) in [7, 11) is 0. The van der Waals surface area contributed by atoms with E-state index in [9.17, 15) is 14.4 Å². The van der Waals surface area contributed by atoms with Crippen LogP contribution in [0.4, 0.5) is 0 Å². The number of amides is 2. The zero-order valence-corrected chi connectivity index (χ0v) is 15.2. The van der Waals surface area contributed by atoms with Gasteiger partial charge in [0.05, 0.1) is 6.42 Å². The van der Waals surface area contributed by atoms with Gasteiger partial charge in [0.25, 0.3) is 0 Å². The van der Waals surface area contributed by atoms with E-state index in [1.165, 1.54) is 19.3 Å². The highest BCUT2D eigenvalue weighted by Gasteiger charge is 2.24. The largest absolute Gasteiger partial charge is 0.481 e. The van der Waals surface area contributed by atoms with E-state index >= 15 is 0 Å². The van der Waals surface area contributed by atoms with Gasteiger partial charge in [-0.1, -0.05) is 33.1 Å². The van der Waals surface area contributed by atoms with Crippen molar-refractivity contribution in [3.63, 3.8) is 0 Å². The lowest BCUT2D eigenvalue weighted by Crippen LogP contribution is -2.48. The van der Waals surface area contributed by atoms with Gasteiger partial charge < -0.3 is 15.3 Å². The fourth-order valence-corrected chi connectivity index (χ4v) is 3.25. The van der Waals surface area contributed by atoms with Gasteiger partial charge in [0, 0.05) is 19.5 Å². The van der Waals surface area contributed by atoms with Gasteiger partial charge in [0.2, 0.25) is 11.8 Å². The highest BCUT2D eigenvalue weighted by Crippen LogP contribution is 2.26. The van der Waals surface area contributed by atoms with Crippen molar-refractivity contribution in [3.8, 4) is 0 Å². The van der Waals surface area contributed by atoms with Crippen molar-refractivity contribution in [1.82, 2.24) is 10.2 Å². The van der Waals surface area contributed by atoms with Crippen LogP contribution in [0.1, 0.15) is 65.7 Å². The van der Waals surface area contributed by atoms with Crippen molar-refractivity contribution in [2.24, 2.45) is 11.8 Å². The first-order valence-electron chi connectivity index (χ1n) is 9.09. The molecule has 0 aromatic heterocycles. The van der Waals surface area contributed by atoms with E-state index in [1.54, 1.807) is 11.8 Å². The third kappa shape index (κ3) is 7.79. The van der Waals surface area contributed by atoms with E-state index in [0.29, 0.717) is 18.9 Å². The average Bonchev–Trinajstić information content (AvgIpc) is 2.51. The maximum Gasteiger partial charge on any atom is 0.305 e. The van der Waals surface area contributed by atoms with Gasteiger partial charge in [-0.2, -0.15) is 0 Å². The lowest BCUT2D eigenvalue weighted by Gasteiger charge is -2.28. The zero-order valence-electron chi connectivity index (χ0n) is 15.2. The number of hydrogen-bond acceptors (Lipinski definition) is 3. The Morgan fingerprint density at radius 2 is 1.75 bits per heavy atom. The molecule has 2 N–H and O–H groups in total. The van der Waals surface area contributed by atoms with E-state index in [2.05, 4.69) is 5.32 Å². The second-order valence-corrected chi connectivity index (χ2v) is 7.32. The Labute approximate surface area is 145 Å². The molecule has 1 atom stereocenters. The van der Waals surface area contributed by atoms with Crippen molar-refractivity contribution >= 4 is 17.8 Å². The van der Waals surface area contributed by atoms with Gasteiger partial charge in [0.15, 0.2) is 0 Å². The molecule has 24 heavy (non-hydrogen) atoms. The number of carbonyl (C=O) groups is 3. The molecular weight excluding hydrogens is 308 g/mol. The summed E-state index contributed by atoms with van der Waals surface area (Å²) >= 11 is 0. The average molecular weight is 340 g/mol. The minimum atomic E-state index is -0.925. The summed E-state index contributed by atoms with van der Waals surface area (Å²) in [6, 6.07) is -0.617. The molecule has 0 saturated heterocycles. The molecule has 0 aliphatic heterocycles. The minimum absolute atomic E-state index is 0.0783. The predicted octanol–water partition coefficient (Wildman–Crippen LogP) is 2.42. The van der Waals surface area contributed by atoms with E-state index in [-0.39, 0.29) is 30.7 Å². The van der Waals surface area contributed by atoms with Crippen molar-refractivity contribution in [3.05, 3.63) is 0 Å². The fraction of sp³-hybridized carbons (Fsp3) is 0.833. The minimum Gasteiger partial charge on any atom is -0.481 e. The topological polar surface area (TPSA) is 86.7 Å². The Kier molecular flexibility index (Phi) is 8.79. The first-order valence-corrected chi connectivity index (χ1v) is 9.09. The predicted molar refractivity (Wildman–Crippen MR) is 92.5 cm³/mol. The number of carbonyl (C=O) groups excluding carboxylic acids is 2. The van der Waals surface area contributed by atoms with Crippen molar-refractivity contribution in [1.29, 1.82) is 0 Å². The summed E-state index contributed by atoms with van der Waals surface area (Å²) in [6.07, 6.45) is 6.20. The molecule has 0 heterocycles. The van der Waals surface area contributed by atoms with E-state index in [1.807, 2.05) is 13.8 Å². The number of rotatable bonds is 9. The second kappa shape index (κ2) is 10.3. The number of carboxylic acids is 1. The summed E-state index contributed by atoms with van der Waals surface area (Å²) in [5.74, 6) is -0.536. The summed E-state index contributed by atoms with van der Waals surface area (Å²) in [6.45, 7) is 6.31. The lowest BCUT2D eigenvalue weighted by molar-refractivity contribution is -0.140. The maximum absolute atomic E-state index is 12.5. The molecular formula is C18H32N2O4. The van der Waals surface area contributed by atoms with Crippen LogP contribution in [0.2, 0.25) is 0 Å². The van der Waals surface area contributed by atoms with Crippen LogP contribution in [-0.2, 0) is 14.4 Å². The highest BCUT2D eigenvalue weighted by molar-refractivity contribution is 5.87. The Morgan fingerprint density at radius 1 is 1.12 bits per heavy atom. The van der Waals surface area contributed by atoms with E-state index in [0.717, 1.165) is 12.8 Å². The standard InChI is InChI=1S/C18H32N2O4/c1-13(2)12-20(10-9-17(22)23)18(24)14(3)19-16(21)11-15-7-5-4-6-8-15/h13-15H,4-12H2,1-3H3,(H,19,21)(H,22,23). The molecule has 2 amide bonds. The van der Waals surface area contributed by atoms with Crippen LogP contribution in [0.5, 0.6) is 0 Å². The van der Waals surface area contributed by atoms with Crippen molar-refractivity contribution < 1.29 is 19.5 Å². The van der Waals surface area contributed by atoms with Crippen LogP contribution in [0.3, 0.4) is 0 Å². The molecule has 138 valence electrons.